The number of hydrogen-bond acceptors (Lipinski definition) is 0. The van der Waals surface area contributed by atoms with Crippen molar-refractivity contribution in [3.8, 4) is 0 Å². The summed E-state index contributed by atoms with van der Waals surface area (Å²) in [6.45, 7) is 1.73. The third kappa shape index (κ3) is 1.17. The summed E-state index contributed by atoms with van der Waals surface area (Å²) < 4.78 is 25.0. The average Bonchev–Trinajstić information content (AvgIpc) is 1.93. The van der Waals surface area contributed by atoms with Gasteiger partial charge in [0.15, 0.2) is 11.6 Å². The second kappa shape index (κ2) is 2.63. The molecule has 1 rings (SSSR count). The van der Waals surface area contributed by atoms with Crippen LogP contribution < -0.4 is 5.30 Å². The molecule has 3 heteroatoms. The van der Waals surface area contributed by atoms with Crippen molar-refractivity contribution in [1.29, 1.82) is 0 Å². The van der Waals surface area contributed by atoms with Gasteiger partial charge in [-0.1, -0.05) is 6.07 Å². The molecule has 0 aliphatic rings. The fourth-order valence-corrected chi connectivity index (χ4v) is 0.897. The molecule has 0 fully saturated rings. The van der Waals surface area contributed by atoms with Crippen LogP contribution in [0, 0.1) is 18.6 Å². The first-order valence-electron chi connectivity index (χ1n) is 2.83. The number of halogens is 2. The predicted octanol–water partition coefficient (Wildman–Crippen LogP) is 1.77. The summed E-state index contributed by atoms with van der Waals surface area (Å²) in [6, 6.07) is 2.67. The SMILES string of the molecule is Cc1ccc(F)c(F)c1P. The van der Waals surface area contributed by atoms with Crippen molar-refractivity contribution < 1.29 is 8.78 Å². The van der Waals surface area contributed by atoms with Gasteiger partial charge >= 0.3 is 0 Å². The maximum Gasteiger partial charge on any atom is 0.166 e. The van der Waals surface area contributed by atoms with Crippen LogP contribution in [0.2, 0.25) is 0 Å². The maximum atomic E-state index is 12.6. The zero-order valence-electron chi connectivity index (χ0n) is 5.49. The number of aryl methyl sites for hydroxylation is 1. The van der Waals surface area contributed by atoms with Gasteiger partial charge in [0.1, 0.15) is 0 Å². The predicted molar refractivity (Wildman–Crippen MR) is 40.4 cm³/mol. The van der Waals surface area contributed by atoms with E-state index in [9.17, 15) is 8.78 Å². The minimum atomic E-state index is -0.796. The molecular weight excluding hydrogens is 153 g/mol. The van der Waals surface area contributed by atoms with Gasteiger partial charge in [0.25, 0.3) is 0 Å². The van der Waals surface area contributed by atoms with E-state index in [0.717, 1.165) is 11.6 Å². The Bertz CT molecular complexity index is 231. The molecule has 0 radical (unpaired) electrons. The van der Waals surface area contributed by atoms with Crippen LogP contribution in [0.3, 0.4) is 0 Å². The highest BCUT2D eigenvalue weighted by Crippen LogP contribution is 2.08. The van der Waals surface area contributed by atoms with Gasteiger partial charge < -0.3 is 0 Å². The minimum absolute atomic E-state index is 0.306. The van der Waals surface area contributed by atoms with Gasteiger partial charge in [0.05, 0.1) is 0 Å². The summed E-state index contributed by atoms with van der Waals surface area (Å²) in [5.41, 5.74) is 0.740. The number of hydrogen-bond donors (Lipinski definition) is 0. The van der Waals surface area contributed by atoms with E-state index < -0.39 is 11.6 Å². The molecule has 10 heavy (non-hydrogen) atoms. The zero-order chi connectivity index (χ0) is 7.72. The van der Waals surface area contributed by atoms with Gasteiger partial charge in [-0.05, 0) is 18.6 Å². The highest BCUT2D eigenvalue weighted by Gasteiger charge is 2.05. The van der Waals surface area contributed by atoms with Crippen LogP contribution >= 0.6 is 9.24 Å². The van der Waals surface area contributed by atoms with Gasteiger partial charge in [-0.3, -0.25) is 0 Å². The summed E-state index contributed by atoms with van der Waals surface area (Å²) in [6.07, 6.45) is 0. The molecule has 1 atom stereocenters. The van der Waals surface area contributed by atoms with Gasteiger partial charge in [-0.2, -0.15) is 0 Å². The molecule has 0 saturated carbocycles. The van der Waals surface area contributed by atoms with Gasteiger partial charge in [0.2, 0.25) is 0 Å². The Kier molecular flexibility index (Phi) is 2.00. The average molecular weight is 160 g/mol. The molecule has 1 aromatic rings. The van der Waals surface area contributed by atoms with E-state index in [0.29, 0.717) is 5.30 Å². The van der Waals surface area contributed by atoms with Crippen molar-refractivity contribution in [3.63, 3.8) is 0 Å². The first-order chi connectivity index (χ1) is 4.63. The lowest BCUT2D eigenvalue weighted by Crippen LogP contribution is -2.05. The quantitative estimate of drug-likeness (QED) is 0.507. The van der Waals surface area contributed by atoms with Crippen LogP contribution in [0.25, 0.3) is 0 Å². The maximum absolute atomic E-state index is 12.6. The van der Waals surface area contributed by atoms with Crippen molar-refractivity contribution in [2.75, 3.05) is 0 Å². The lowest BCUT2D eigenvalue weighted by molar-refractivity contribution is 0.514. The summed E-state index contributed by atoms with van der Waals surface area (Å²) in [4.78, 5) is 0. The Morgan fingerprint density at radius 1 is 1.30 bits per heavy atom. The highest BCUT2D eigenvalue weighted by molar-refractivity contribution is 7.27. The second-order valence-corrected chi connectivity index (χ2v) is 2.67. The monoisotopic (exact) mass is 160 g/mol. The molecule has 0 aromatic heterocycles. The first kappa shape index (κ1) is 7.62. The molecule has 0 aliphatic carbocycles. The first-order valence-corrected chi connectivity index (χ1v) is 3.40. The Hall–Kier alpha value is -0.490. The van der Waals surface area contributed by atoms with Crippen molar-refractivity contribution in [2.24, 2.45) is 0 Å². The molecule has 0 bridgehead atoms. The van der Waals surface area contributed by atoms with Crippen molar-refractivity contribution >= 4 is 14.5 Å². The lowest BCUT2D eigenvalue weighted by Gasteiger charge is -1.99. The van der Waals surface area contributed by atoms with Crippen molar-refractivity contribution in [3.05, 3.63) is 29.3 Å². The molecule has 0 aliphatic heterocycles. The minimum Gasteiger partial charge on any atom is -0.204 e. The zero-order valence-corrected chi connectivity index (χ0v) is 6.64. The molecule has 1 unspecified atom stereocenters. The van der Waals surface area contributed by atoms with E-state index in [4.69, 9.17) is 0 Å². The highest BCUT2D eigenvalue weighted by atomic mass is 31.0. The van der Waals surface area contributed by atoms with E-state index >= 15 is 0 Å². The number of rotatable bonds is 0. The molecular formula is C7H7F2P. The molecule has 0 heterocycles. The fraction of sp³-hybridized carbons (Fsp3) is 0.143. The van der Waals surface area contributed by atoms with E-state index in [1.54, 1.807) is 13.0 Å². The summed E-state index contributed by atoms with van der Waals surface area (Å²) in [5.74, 6) is -1.57. The smallest absolute Gasteiger partial charge is 0.166 e. The van der Waals surface area contributed by atoms with Crippen molar-refractivity contribution in [2.45, 2.75) is 6.92 Å². The van der Waals surface area contributed by atoms with E-state index in [2.05, 4.69) is 9.24 Å². The van der Waals surface area contributed by atoms with E-state index in [-0.39, 0.29) is 0 Å². The Morgan fingerprint density at radius 3 is 2.40 bits per heavy atom. The number of benzene rings is 1. The Balaban J connectivity index is 3.34. The molecule has 0 amide bonds. The Labute approximate surface area is 60.5 Å². The van der Waals surface area contributed by atoms with Crippen LogP contribution in [0.15, 0.2) is 12.1 Å². The molecule has 54 valence electrons. The summed E-state index contributed by atoms with van der Waals surface area (Å²) >= 11 is 0. The summed E-state index contributed by atoms with van der Waals surface area (Å²) in [7, 11) is 2.16. The molecule has 0 spiro atoms. The van der Waals surface area contributed by atoms with Crippen LogP contribution in [0.4, 0.5) is 8.78 Å². The van der Waals surface area contributed by atoms with Crippen LogP contribution in [0.5, 0.6) is 0 Å². The van der Waals surface area contributed by atoms with Gasteiger partial charge in [0, 0.05) is 5.30 Å². The molecule has 1 aromatic carbocycles. The van der Waals surface area contributed by atoms with Gasteiger partial charge in [-0.25, -0.2) is 8.78 Å². The normalized spacial score (nSPS) is 10.0. The van der Waals surface area contributed by atoms with E-state index in [1.807, 2.05) is 0 Å². The Morgan fingerprint density at radius 2 is 1.90 bits per heavy atom. The van der Waals surface area contributed by atoms with Gasteiger partial charge in [-0.15, -0.1) is 9.24 Å². The van der Waals surface area contributed by atoms with Crippen LogP contribution in [0.1, 0.15) is 5.56 Å². The van der Waals surface area contributed by atoms with Crippen LogP contribution in [-0.2, 0) is 0 Å². The second-order valence-electron chi connectivity index (χ2n) is 2.09. The molecule has 0 nitrogen and oxygen atoms in total. The molecule has 0 saturated heterocycles. The molecule has 0 N–H and O–H groups in total. The standard InChI is InChI=1S/C7H7F2P/c1-4-2-3-5(8)6(9)7(4)10/h2-3H,10H2,1H3. The topological polar surface area (TPSA) is 0 Å². The van der Waals surface area contributed by atoms with E-state index in [1.165, 1.54) is 0 Å². The lowest BCUT2D eigenvalue weighted by atomic mass is 10.2. The fourth-order valence-electron chi connectivity index (χ4n) is 0.663. The largest absolute Gasteiger partial charge is 0.204 e. The third-order valence-corrected chi connectivity index (χ3v) is 2.06. The van der Waals surface area contributed by atoms with Crippen LogP contribution in [-0.4, -0.2) is 0 Å². The van der Waals surface area contributed by atoms with Crippen molar-refractivity contribution in [1.82, 2.24) is 0 Å². The third-order valence-electron chi connectivity index (χ3n) is 1.35. The summed E-state index contributed by atoms with van der Waals surface area (Å²) in [5, 5.41) is 0.306.